The summed E-state index contributed by atoms with van der Waals surface area (Å²) < 4.78 is 1.37. The van der Waals surface area contributed by atoms with Crippen molar-refractivity contribution in [3.05, 3.63) is 52.3 Å². The van der Waals surface area contributed by atoms with Crippen molar-refractivity contribution in [3.8, 4) is 0 Å². The van der Waals surface area contributed by atoms with Crippen molar-refractivity contribution >= 4 is 23.2 Å². The maximum absolute atomic E-state index is 12.4. The SMILES string of the molecule is Cc1cc(C)n(C(=O)[C@H]2CC(c3ccccc3Cl)=NO2)n1. The van der Waals surface area contributed by atoms with Gasteiger partial charge in [0.2, 0.25) is 6.10 Å². The summed E-state index contributed by atoms with van der Waals surface area (Å²) in [5.74, 6) is -0.216. The van der Waals surface area contributed by atoms with E-state index in [1.54, 1.807) is 6.07 Å². The van der Waals surface area contributed by atoms with Crippen LogP contribution in [-0.4, -0.2) is 27.5 Å². The summed E-state index contributed by atoms with van der Waals surface area (Å²) in [5.41, 5.74) is 3.06. The van der Waals surface area contributed by atoms with Crippen LogP contribution in [0.4, 0.5) is 0 Å². The topological polar surface area (TPSA) is 56.5 Å². The van der Waals surface area contributed by atoms with Gasteiger partial charge in [0.25, 0.3) is 5.91 Å². The molecule has 21 heavy (non-hydrogen) atoms. The lowest BCUT2D eigenvalue weighted by Gasteiger charge is -2.08. The summed E-state index contributed by atoms with van der Waals surface area (Å²) in [5, 5.41) is 8.78. The van der Waals surface area contributed by atoms with Crippen molar-refractivity contribution in [2.75, 3.05) is 0 Å². The number of carbonyl (C=O) groups excluding carboxylic acids is 1. The van der Waals surface area contributed by atoms with Crippen molar-refractivity contribution < 1.29 is 9.63 Å². The molecule has 0 aliphatic carbocycles. The molecule has 2 heterocycles. The molecule has 0 amide bonds. The quantitative estimate of drug-likeness (QED) is 0.857. The molecule has 0 fully saturated rings. The Morgan fingerprint density at radius 3 is 2.81 bits per heavy atom. The first-order valence-electron chi connectivity index (χ1n) is 6.61. The highest BCUT2D eigenvalue weighted by molar-refractivity contribution is 6.34. The highest BCUT2D eigenvalue weighted by Gasteiger charge is 2.31. The Morgan fingerprint density at radius 1 is 1.38 bits per heavy atom. The maximum atomic E-state index is 12.4. The monoisotopic (exact) mass is 303 g/mol. The Labute approximate surface area is 127 Å². The predicted molar refractivity (Wildman–Crippen MR) is 79.8 cm³/mol. The smallest absolute Gasteiger partial charge is 0.291 e. The van der Waals surface area contributed by atoms with Gasteiger partial charge in [0.05, 0.1) is 11.4 Å². The number of nitrogens with zero attached hydrogens (tertiary/aromatic N) is 3. The molecule has 1 aromatic carbocycles. The standard InChI is InChI=1S/C15H14ClN3O2/c1-9-7-10(2)19(17-9)15(20)14-8-13(18-21-14)11-5-3-4-6-12(11)16/h3-7,14H,8H2,1-2H3/t14-/m1/s1. The second-order valence-electron chi connectivity index (χ2n) is 4.99. The fourth-order valence-electron chi connectivity index (χ4n) is 2.35. The van der Waals surface area contributed by atoms with Crippen LogP contribution in [0.25, 0.3) is 0 Å². The zero-order valence-corrected chi connectivity index (χ0v) is 12.5. The van der Waals surface area contributed by atoms with Crippen molar-refractivity contribution in [3.63, 3.8) is 0 Å². The Balaban J connectivity index is 1.79. The van der Waals surface area contributed by atoms with E-state index in [4.69, 9.17) is 16.4 Å². The van der Waals surface area contributed by atoms with Gasteiger partial charge in [-0.2, -0.15) is 5.10 Å². The van der Waals surface area contributed by atoms with Crippen molar-refractivity contribution in [2.45, 2.75) is 26.4 Å². The fraction of sp³-hybridized carbons (Fsp3) is 0.267. The molecular formula is C15H14ClN3O2. The summed E-state index contributed by atoms with van der Waals surface area (Å²) in [6.45, 7) is 3.68. The molecule has 0 N–H and O–H groups in total. The number of oxime groups is 1. The fourth-order valence-corrected chi connectivity index (χ4v) is 2.60. The van der Waals surface area contributed by atoms with E-state index < -0.39 is 6.10 Å². The van der Waals surface area contributed by atoms with Crippen LogP contribution in [0.5, 0.6) is 0 Å². The normalized spacial score (nSPS) is 17.5. The summed E-state index contributed by atoms with van der Waals surface area (Å²) in [6, 6.07) is 9.22. The molecule has 1 aliphatic heterocycles. The van der Waals surface area contributed by atoms with Crippen LogP contribution in [0.3, 0.4) is 0 Å². The lowest BCUT2D eigenvalue weighted by molar-refractivity contribution is 0.0452. The average molecular weight is 304 g/mol. The highest BCUT2D eigenvalue weighted by atomic mass is 35.5. The third kappa shape index (κ3) is 2.56. The van der Waals surface area contributed by atoms with E-state index >= 15 is 0 Å². The second kappa shape index (κ2) is 5.33. The third-order valence-electron chi connectivity index (χ3n) is 3.35. The minimum absolute atomic E-state index is 0.216. The van der Waals surface area contributed by atoms with Crippen LogP contribution in [0.15, 0.2) is 35.5 Å². The predicted octanol–water partition coefficient (Wildman–Crippen LogP) is 2.99. The molecule has 0 saturated heterocycles. The second-order valence-corrected chi connectivity index (χ2v) is 5.40. The highest BCUT2D eigenvalue weighted by Crippen LogP contribution is 2.23. The van der Waals surface area contributed by atoms with Crippen LogP contribution >= 0.6 is 11.6 Å². The molecule has 0 spiro atoms. The Bertz CT molecular complexity index is 736. The zero-order valence-electron chi connectivity index (χ0n) is 11.7. The van der Waals surface area contributed by atoms with E-state index in [1.807, 2.05) is 38.1 Å². The molecule has 1 aromatic heterocycles. The number of benzene rings is 1. The summed E-state index contributed by atoms with van der Waals surface area (Å²) in [4.78, 5) is 17.7. The number of aryl methyl sites for hydroxylation is 2. The summed E-state index contributed by atoms with van der Waals surface area (Å²) in [6.07, 6.45) is -0.268. The minimum atomic E-state index is -0.658. The van der Waals surface area contributed by atoms with Gasteiger partial charge in [-0.15, -0.1) is 0 Å². The molecule has 0 saturated carbocycles. The molecule has 0 radical (unpaired) electrons. The van der Waals surface area contributed by atoms with Gasteiger partial charge in [-0.1, -0.05) is 35.0 Å². The van der Waals surface area contributed by atoms with E-state index in [2.05, 4.69) is 10.3 Å². The van der Waals surface area contributed by atoms with Crippen LogP contribution in [-0.2, 0) is 4.84 Å². The van der Waals surface area contributed by atoms with Gasteiger partial charge in [-0.3, -0.25) is 4.79 Å². The van der Waals surface area contributed by atoms with E-state index in [0.717, 1.165) is 17.0 Å². The number of hydrogen-bond donors (Lipinski definition) is 0. The van der Waals surface area contributed by atoms with E-state index in [1.165, 1.54) is 4.68 Å². The van der Waals surface area contributed by atoms with Crippen LogP contribution in [0.1, 0.15) is 28.2 Å². The summed E-state index contributed by atoms with van der Waals surface area (Å²) in [7, 11) is 0. The zero-order chi connectivity index (χ0) is 15.0. The lowest BCUT2D eigenvalue weighted by Crippen LogP contribution is -2.28. The molecular weight excluding hydrogens is 290 g/mol. The van der Waals surface area contributed by atoms with E-state index in [0.29, 0.717) is 17.2 Å². The van der Waals surface area contributed by atoms with Crippen LogP contribution in [0, 0.1) is 13.8 Å². The van der Waals surface area contributed by atoms with Gasteiger partial charge in [0.15, 0.2) is 0 Å². The largest absolute Gasteiger partial charge is 0.382 e. The molecule has 1 atom stereocenters. The number of carbonyl (C=O) groups is 1. The molecule has 3 rings (SSSR count). The van der Waals surface area contributed by atoms with Crippen LogP contribution in [0.2, 0.25) is 5.02 Å². The lowest BCUT2D eigenvalue weighted by atomic mass is 10.0. The first-order valence-corrected chi connectivity index (χ1v) is 6.99. The maximum Gasteiger partial charge on any atom is 0.291 e. The molecule has 0 bridgehead atoms. The summed E-state index contributed by atoms with van der Waals surface area (Å²) >= 11 is 6.14. The van der Waals surface area contributed by atoms with Gasteiger partial charge >= 0.3 is 0 Å². The van der Waals surface area contributed by atoms with Gasteiger partial charge in [-0.25, -0.2) is 4.68 Å². The molecule has 2 aromatic rings. The Hall–Kier alpha value is -2.14. The number of halogens is 1. The van der Waals surface area contributed by atoms with Gasteiger partial charge in [-0.05, 0) is 26.0 Å². The molecule has 6 heteroatoms. The van der Waals surface area contributed by atoms with Gasteiger partial charge in [0, 0.05) is 22.7 Å². The van der Waals surface area contributed by atoms with Crippen molar-refractivity contribution in [2.24, 2.45) is 5.16 Å². The van der Waals surface area contributed by atoms with Gasteiger partial charge in [0.1, 0.15) is 0 Å². The Kier molecular flexibility index (Phi) is 3.51. The molecule has 0 unspecified atom stereocenters. The molecule has 5 nitrogen and oxygen atoms in total. The van der Waals surface area contributed by atoms with Crippen molar-refractivity contribution in [1.29, 1.82) is 0 Å². The van der Waals surface area contributed by atoms with Crippen molar-refractivity contribution in [1.82, 2.24) is 9.78 Å². The van der Waals surface area contributed by atoms with E-state index in [-0.39, 0.29) is 5.91 Å². The average Bonchev–Trinajstić information content (AvgIpc) is 3.05. The first kappa shape index (κ1) is 13.8. The minimum Gasteiger partial charge on any atom is -0.382 e. The molecule has 108 valence electrons. The third-order valence-corrected chi connectivity index (χ3v) is 3.68. The van der Waals surface area contributed by atoms with Crippen LogP contribution < -0.4 is 0 Å². The Morgan fingerprint density at radius 2 is 2.14 bits per heavy atom. The van der Waals surface area contributed by atoms with E-state index in [9.17, 15) is 4.79 Å². The number of rotatable bonds is 2. The van der Waals surface area contributed by atoms with Gasteiger partial charge < -0.3 is 4.84 Å². The number of hydrogen-bond acceptors (Lipinski definition) is 4. The molecule has 1 aliphatic rings. The first-order chi connectivity index (χ1) is 10.1. The number of aromatic nitrogens is 2.